The summed E-state index contributed by atoms with van der Waals surface area (Å²) in [5.74, 6) is 1.16. The van der Waals surface area contributed by atoms with Crippen molar-refractivity contribution in [3.8, 4) is 0 Å². The second kappa shape index (κ2) is 5.80. The number of carboxylic acids is 1. The summed E-state index contributed by atoms with van der Waals surface area (Å²) in [5, 5.41) is 11.9. The van der Waals surface area contributed by atoms with Crippen molar-refractivity contribution in [2.45, 2.75) is 32.6 Å². The fraction of sp³-hybridized carbons (Fsp3) is 0.615. The Morgan fingerprint density at radius 3 is 2.61 bits per heavy atom. The monoisotopic (exact) mass is 249 g/mol. The fourth-order valence-corrected chi connectivity index (χ4v) is 2.31. The smallest absolute Gasteiger partial charge is 0.356 e. The summed E-state index contributed by atoms with van der Waals surface area (Å²) in [6.07, 6.45) is 7.89. The first-order chi connectivity index (χ1) is 8.65. The van der Waals surface area contributed by atoms with Crippen molar-refractivity contribution >= 4 is 11.8 Å². The Morgan fingerprint density at radius 2 is 2.06 bits per heavy atom. The van der Waals surface area contributed by atoms with Gasteiger partial charge < -0.3 is 10.4 Å². The third kappa shape index (κ3) is 3.42. The average molecular weight is 249 g/mol. The molecule has 1 aromatic rings. The van der Waals surface area contributed by atoms with E-state index in [9.17, 15) is 4.79 Å². The summed E-state index contributed by atoms with van der Waals surface area (Å²) in [4.78, 5) is 18.5. The van der Waals surface area contributed by atoms with Crippen LogP contribution in [0.15, 0.2) is 12.4 Å². The molecular weight excluding hydrogens is 230 g/mol. The molecule has 1 saturated carbocycles. The summed E-state index contributed by atoms with van der Waals surface area (Å²) in [6.45, 7) is 3.20. The predicted octanol–water partition coefficient (Wildman–Crippen LogP) is 2.41. The highest BCUT2D eigenvalue weighted by atomic mass is 16.4. The average Bonchev–Trinajstić information content (AvgIpc) is 2.38. The molecule has 2 rings (SSSR count). The minimum Gasteiger partial charge on any atom is -0.476 e. The standard InChI is InChI=1S/C13H19N3O2/c1-9-2-4-10(5-3-9)6-15-12-8-14-11(7-16-12)13(17)18/h7-10H,2-6H2,1H3,(H,15,16)(H,17,18). The number of carbonyl (C=O) groups is 1. The molecule has 0 atom stereocenters. The maximum absolute atomic E-state index is 10.6. The Balaban J connectivity index is 1.81. The van der Waals surface area contributed by atoms with E-state index >= 15 is 0 Å². The zero-order valence-electron chi connectivity index (χ0n) is 10.6. The summed E-state index contributed by atoms with van der Waals surface area (Å²) >= 11 is 0. The summed E-state index contributed by atoms with van der Waals surface area (Å²) in [7, 11) is 0. The Morgan fingerprint density at radius 1 is 1.33 bits per heavy atom. The van der Waals surface area contributed by atoms with Gasteiger partial charge in [0.2, 0.25) is 0 Å². The number of hydrogen-bond donors (Lipinski definition) is 2. The van der Waals surface area contributed by atoms with Crippen LogP contribution in [0.4, 0.5) is 5.82 Å². The molecule has 0 spiro atoms. The second-order valence-corrected chi connectivity index (χ2v) is 5.10. The molecular formula is C13H19N3O2. The van der Waals surface area contributed by atoms with Crippen LogP contribution in [-0.2, 0) is 0 Å². The van der Waals surface area contributed by atoms with Crippen molar-refractivity contribution in [3.05, 3.63) is 18.1 Å². The Bertz CT molecular complexity index is 397. The molecule has 1 aromatic heterocycles. The highest BCUT2D eigenvalue weighted by molar-refractivity contribution is 5.84. The minimum absolute atomic E-state index is 0.0213. The lowest BCUT2D eigenvalue weighted by molar-refractivity contribution is 0.0690. The van der Waals surface area contributed by atoms with Crippen LogP contribution >= 0.6 is 0 Å². The molecule has 0 aromatic carbocycles. The van der Waals surface area contributed by atoms with Crippen molar-refractivity contribution in [2.75, 3.05) is 11.9 Å². The van der Waals surface area contributed by atoms with Gasteiger partial charge in [0, 0.05) is 6.54 Å². The van der Waals surface area contributed by atoms with Crippen molar-refractivity contribution < 1.29 is 9.90 Å². The van der Waals surface area contributed by atoms with Gasteiger partial charge in [-0.2, -0.15) is 0 Å². The van der Waals surface area contributed by atoms with E-state index in [0.717, 1.165) is 12.5 Å². The molecule has 1 heterocycles. The number of carboxylic acid groups (broad SMARTS) is 1. The molecule has 1 aliphatic rings. The van der Waals surface area contributed by atoms with Crippen LogP contribution in [0, 0.1) is 11.8 Å². The van der Waals surface area contributed by atoms with Crippen molar-refractivity contribution in [1.82, 2.24) is 9.97 Å². The van der Waals surface area contributed by atoms with Crippen molar-refractivity contribution in [3.63, 3.8) is 0 Å². The van der Waals surface area contributed by atoms with Crippen LogP contribution in [0.1, 0.15) is 43.1 Å². The number of aromatic carboxylic acids is 1. The highest BCUT2D eigenvalue weighted by Crippen LogP contribution is 2.28. The van der Waals surface area contributed by atoms with Crippen LogP contribution < -0.4 is 5.32 Å². The van der Waals surface area contributed by atoms with Gasteiger partial charge in [0.1, 0.15) is 5.82 Å². The molecule has 0 radical (unpaired) electrons. The number of rotatable bonds is 4. The first-order valence-electron chi connectivity index (χ1n) is 6.44. The first-order valence-corrected chi connectivity index (χ1v) is 6.44. The Kier molecular flexibility index (Phi) is 4.12. The number of anilines is 1. The Hall–Kier alpha value is -1.65. The number of nitrogens with one attached hydrogen (secondary N) is 1. The molecule has 18 heavy (non-hydrogen) atoms. The molecule has 0 aliphatic heterocycles. The normalized spacial score (nSPS) is 23.6. The Labute approximate surface area is 107 Å². The maximum Gasteiger partial charge on any atom is 0.356 e. The zero-order valence-corrected chi connectivity index (χ0v) is 10.6. The van der Waals surface area contributed by atoms with E-state index in [4.69, 9.17) is 5.11 Å². The van der Waals surface area contributed by atoms with Gasteiger partial charge in [-0.3, -0.25) is 0 Å². The van der Waals surface area contributed by atoms with Gasteiger partial charge >= 0.3 is 5.97 Å². The molecule has 0 saturated heterocycles. The first kappa shape index (κ1) is 12.8. The van der Waals surface area contributed by atoms with Crippen molar-refractivity contribution in [1.29, 1.82) is 0 Å². The van der Waals surface area contributed by atoms with Gasteiger partial charge in [-0.15, -0.1) is 0 Å². The second-order valence-electron chi connectivity index (χ2n) is 5.10. The fourth-order valence-electron chi connectivity index (χ4n) is 2.31. The van der Waals surface area contributed by atoms with Gasteiger partial charge in [0.25, 0.3) is 0 Å². The van der Waals surface area contributed by atoms with E-state index < -0.39 is 5.97 Å². The molecule has 0 bridgehead atoms. The molecule has 2 N–H and O–H groups in total. The molecule has 5 heteroatoms. The number of nitrogens with zero attached hydrogens (tertiary/aromatic N) is 2. The zero-order chi connectivity index (χ0) is 13.0. The van der Waals surface area contributed by atoms with Crippen LogP contribution in [0.2, 0.25) is 0 Å². The lowest BCUT2D eigenvalue weighted by Gasteiger charge is -2.26. The van der Waals surface area contributed by atoms with Crippen LogP contribution in [0.3, 0.4) is 0 Å². The minimum atomic E-state index is -1.05. The number of aromatic nitrogens is 2. The van der Waals surface area contributed by atoms with Crippen LogP contribution in [0.25, 0.3) is 0 Å². The predicted molar refractivity (Wildman–Crippen MR) is 68.6 cm³/mol. The van der Waals surface area contributed by atoms with Gasteiger partial charge in [-0.05, 0) is 24.7 Å². The van der Waals surface area contributed by atoms with E-state index in [-0.39, 0.29) is 5.69 Å². The lowest BCUT2D eigenvalue weighted by atomic mass is 9.83. The third-order valence-corrected chi connectivity index (χ3v) is 3.58. The molecule has 1 fully saturated rings. The molecule has 5 nitrogen and oxygen atoms in total. The summed E-state index contributed by atoms with van der Waals surface area (Å²) in [6, 6.07) is 0. The van der Waals surface area contributed by atoms with E-state index in [1.165, 1.54) is 38.1 Å². The largest absolute Gasteiger partial charge is 0.476 e. The molecule has 1 aliphatic carbocycles. The van der Waals surface area contributed by atoms with Gasteiger partial charge in [0.15, 0.2) is 5.69 Å². The quantitative estimate of drug-likeness (QED) is 0.857. The SMILES string of the molecule is CC1CCC(CNc2cnc(C(=O)O)cn2)CC1. The molecule has 0 unspecified atom stereocenters. The summed E-state index contributed by atoms with van der Waals surface area (Å²) < 4.78 is 0. The van der Waals surface area contributed by atoms with Crippen LogP contribution in [0.5, 0.6) is 0 Å². The van der Waals surface area contributed by atoms with E-state index in [0.29, 0.717) is 11.7 Å². The third-order valence-electron chi connectivity index (χ3n) is 3.58. The van der Waals surface area contributed by atoms with E-state index in [2.05, 4.69) is 22.2 Å². The van der Waals surface area contributed by atoms with Crippen molar-refractivity contribution in [2.24, 2.45) is 11.8 Å². The molecule has 0 amide bonds. The van der Waals surface area contributed by atoms with Crippen LogP contribution in [-0.4, -0.2) is 27.6 Å². The van der Waals surface area contributed by atoms with E-state index in [1.54, 1.807) is 0 Å². The van der Waals surface area contributed by atoms with Gasteiger partial charge in [-0.25, -0.2) is 14.8 Å². The highest BCUT2D eigenvalue weighted by Gasteiger charge is 2.17. The lowest BCUT2D eigenvalue weighted by Crippen LogP contribution is -2.20. The topological polar surface area (TPSA) is 75.1 Å². The number of hydrogen-bond acceptors (Lipinski definition) is 4. The van der Waals surface area contributed by atoms with Gasteiger partial charge in [-0.1, -0.05) is 19.8 Å². The maximum atomic E-state index is 10.6. The van der Waals surface area contributed by atoms with Gasteiger partial charge in [0.05, 0.1) is 12.4 Å². The van der Waals surface area contributed by atoms with E-state index in [1.807, 2.05) is 0 Å². The molecule has 98 valence electrons. The summed E-state index contributed by atoms with van der Waals surface area (Å²) in [5.41, 5.74) is -0.0213.